The van der Waals surface area contributed by atoms with Gasteiger partial charge in [-0.15, -0.1) is 0 Å². The molecule has 0 aliphatic heterocycles. The molecular weight excluding hydrogens is 278 g/mol. The summed E-state index contributed by atoms with van der Waals surface area (Å²) in [6.45, 7) is 1.27. The minimum Gasteiger partial charge on any atom is -0.477 e. The van der Waals surface area contributed by atoms with Crippen LogP contribution in [0.25, 0.3) is 0 Å². The first-order valence-corrected chi connectivity index (χ1v) is 8.42. The second kappa shape index (κ2) is 7.47. The van der Waals surface area contributed by atoms with Crippen LogP contribution in [0.5, 0.6) is 5.88 Å². The van der Waals surface area contributed by atoms with Gasteiger partial charge in [0.2, 0.25) is 5.88 Å². The van der Waals surface area contributed by atoms with Gasteiger partial charge in [-0.3, -0.25) is 0 Å². The normalized spacial score (nSPS) is 18.7. The third-order valence-electron chi connectivity index (χ3n) is 4.35. The Hall–Kier alpha value is -1.78. The van der Waals surface area contributed by atoms with Crippen molar-refractivity contribution in [3.05, 3.63) is 23.9 Å². The maximum Gasteiger partial charge on any atom is 0.315 e. The minimum absolute atomic E-state index is 0.0824. The average molecular weight is 303 g/mol. The van der Waals surface area contributed by atoms with Crippen molar-refractivity contribution < 1.29 is 9.53 Å². The van der Waals surface area contributed by atoms with Crippen LogP contribution in [0.2, 0.25) is 0 Å². The lowest BCUT2D eigenvalue weighted by Gasteiger charge is -2.22. The first kappa shape index (κ1) is 15.1. The van der Waals surface area contributed by atoms with Crippen LogP contribution in [0, 0.1) is 5.92 Å². The largest absolute Gasteiger partial charge is 0.477 e. The molecule has 0 atom stereocenters. The van der Waals surface area contributed by atoms with Gasteiger partial charge in [0.05, 0.1) is 6.61 Å². The molecular formula is C17H25N3O2. The van der Waals surface area contributed by atoms with E-state index in [0.717, 1.165) is 30.9 Å². The number of nitrogens with zero attached hydrogens (tertiary/aromatic N) is 1. The lowest BCUT2D eigenvalue weighted by Crippen LogP contribution is -2.42. The first-order chi connectivity index (χ1) is 10.8. The van der Waals surface area contributed by atoms with Gasteiger partial charge < -0.3 is 15.4 Å². The van der Waals surface area contributed by atoms with Crippen molar-refractivity contribution >= 4 is 6.03 Å². The van der Waals surface area contributed by atoms with Crippen LogP contribution in [-0.4, -0.2) is 23.7 Å². The standard InChI is InChI=1S/C17H25N3O2/c21-17(20-15-4-2-1-3-5-15)19-11-14-8-9-16(18-10-14)22-12-13-6-7-13/h8-10,13,15H,1-7,11-12H2,(H2,19,20,21). The zero-order valence-corrected chi connectivity index (χ0v) is 13.0. The fourth-order valence-corrected chi connectivity index (χ4v) is 2.75. The van der Waals surface area contributed by atoms with Gasteiger partial charge in [-0.2, -0.15) is 0 Å². The van der Waals surface area contributed by atoms with Crippen molar-refractivity contribution in [1.82, 2.24) is 15.6 Å². The number of pyridine rings is 1. The van der Waals surface area contributed by atoms with E-state index in [2.05, 4.69) is 15.6 Å². The van der Waals surface area contributed by atoms with Crippen LogP contribution in [-0.2, 0) is 6.54 Å². The van der Waals surface area contributed by atoms with Gasteiger partial charge in [0.1, 0.15) is 0 Å². The van der Waals surface area contributed by atoms with Crippen LogP contribution in [0.1, 0.15) is 50.5 Å². The number of hydrogen-bond donors (Lipinski definition) is 2. The molecule has 0 aromatic carbocycles. The Morgan fingerprint density at radius 2 is 2.00 bits per heavy atom. The molecule has 2 amide bonds. The number of amides is 2. The SMILES string of the molecule is O=C(NCc1ccc(OCC2CC2)nc1)NC1CCCCC1. The Kier molecular flexibility index (Phi) is 5.14. The van der Waals surface area contributed by atoms with Crippen molar-refractivity contribution in [1.29, 1.82) is 0 Å². The summed E-state index contributed by atoms with van der Waals surface area (Å²) in [4.78, 5) is 16.1. The predicted molar refractivity (Wildman–Crippen MR) is 84.7 cm³/mol. The molecule has 2 N–H and O–H groups in total. The lowest BCUT2D eigenvalue weighted by molar-refractivity contribution is 0.232. The average Bonchev–Trinajstić information content (AvgIpc) is 3.37. The van der Waals surface area contributed by atoms with Gasteiger partial charge in [-0.05, 0) is 37.2 Å². The van der Waals surface area contributed by atoms with E-state index < -0.39 is 0 Å². The highest BCUT2D eigenvalue weighted by atomic mass is 16.5. The molecule has 2 fully saturated rings. The summed E-state index contributed by atoms with van der Waals surface area (Å²) in [7, 11) is 0. The van der Waals surface area contributed by atoms with Crippen LogP contribution < -0.4 is 15.4 Å². The molecule has 1 aromatic rings. The van der Waals surface area contributed by atoms with E-state index in [1.807, 2.05) is 12.1 Å². The molecule has 2 aliphatic rings. The summed E-state index contributed by atoms with van der Waals surface area (Å²) in [6.07, 6.45) is 10.2. The van der Waals surface area contributed by atoms with Gasteiger partial charge in [0.15, 0.2) is 0 Å². The number of ether oxygens (including phenoxy) is 1. The number of carbonyl (C=O) groups excluding carboxylic acids is 1. The van der Waals surface area contributed by atoms with E-state index in [1.54, 1.807) is 6.20 Å². The molecule has 1 heterocycles. The second-order valence-electron chi connectivity index (χ2n) is 6.42. The molecule has 0 unspecified atom stereocenters. The molecule has 0 radical (unpaired) electrons. The van der Waals surface area contributed by atoms with Crippen LogP contribution in [0.3, 0.4) is 0 Å². The topological polar surface area (TPSA) is 63.2 Å². The molecule has 22 heavy (non-hydrogen) atoms. The summed E-state index contributed by atoms with van der Waals surface area (Å²) in [5.41, 5.74) is 0.984. The van der Waals surface area contributed by atoms with E-state index >= 15 is 0 Å². The zero-order chi connectivity index (χ0) is 15.2. The van der Waals surface area contributed by atoms with Gasteiger partial charge in [-0.25, -0.2) is 9.78 Å². The number of rotatable bonds is 6. The highest BCUT2D eigenvalue weighted by molar-refractivity contribution is 5.74. The maximum absolute atomic E-state index is 11.9. The summed E-state index contributed by atoms with van der Waals surface area (Å²) in [5, 5.41) is 5.94. The Morgan fingerprint density at radius 3 is 2.68 bits per heavy atom. The van der Waals surface area contributed by atoms with Gasteiger partial charge >= 0.3 is 6.03 Å². The fraction of sp³-hybridized carbons (Fsp3) is 0.647. The molecule has 3 rings (SSSR count). The molecule has 0 bridgehead atoms. The summed E-state index contributed by atoms with van der Waals surface area (Å²) < 4.78 is 5.60. The molecule has 2 aliphatic carbocycles. The number of nitrogens with one attached hydrogen (secondary N) is 2. The predicted octanol–water partition coefficient (Wildman–Crippen LogP) is 3.00. The smallest absolute Gasteiger partial charge is 0.315 e. The Bertz CT molecular complexity index is 479. The number of carbonyl (C=O) groups is 1. The fourth-order valence-electron chi connectivity index (χ4n) is 2.75. The zero-order valence-electron chi connectivity index (χ0n) is 13.0. The van der Waals surface area contributed by atoms with Crippen LogP contribution in [0.4, 0.5) is 4.79 Å². The van der Waals surface area contributed by atoms with E-state index in [0.29, 0.717) is 18.5 Å². The third-order valence-corrected chi connectivity index (χ3v) is 4.35. The first-order valence-electron chi connectivity index (χ1n) is 8.42. The number of hydrogen-bond acceptors (Lipinski definition) is 3. The second-order valence-corrected chi connectivity index (χ2v) is 6.42. The van der Waals surface area contributed by atoms with Gasteiger partial charge in [0.25, 0.3) is 0 Å². The van der Waals surface area contributed by atoms with Crippen molar-refractivity contribution in [2.24, 2.45) is 5.92 Å². The lowest BCUT2D eigenvalue weighted by atomic mass is 9.96. The molecule has 120 valence electrons. The molecule has 5 nitrogen and oxygen atoms in total. The summed E-state index contributed by atoms with van der Waals surface area (Å²) in [5.74, 6) is 1.40. The van der Waals surface area contributed by atoms with E-state index in [4.69, 9.17) is 4.74 Å². The Balaban J connectivity index is 1.37. The van der Waals surface area contributed by atoms with E-state index in [1.165, 1.54) is 32.1 Å². The summed E-state index contributed by atoms with van der Waals surface area (Å²) >= 11 is 0. The van der Waals surface area contributed by atoms with Gasteiger partial charge in [0, 0.05) is 24.8 Å². The third kappa shape index (κ3) is 4.90. The van der Waals surface area contributed by atoms with E-state index in [9.17, 15) is 4.79 Å². The van der Waals surface area contributed by atoms with Crippen molar-refractivity contribution in [2.45, 2.75) is 57.5 Å². The van der Waals surface area contributed by atoms with Crippen LogP contribution in [0.15, 0.2) is 18.3 Å². The highest BCUT2D eigenvalue weighted by Gasteiger charge is 2.22. The van der Waals surface area contributed by atoms with Crippen molar-refractivity contribution in [3.63, 3.8) is 0 Å². The van der Waals surface area contributed by atoms with Crippen LogP contribution >= 0.6 is 0 Å². The van der Waals surface area contributed by atoms with Crippen molar-refractivity contribution in [3.8, 4) is 5.88 Å². The maximum atomic E-state index is 11.9. The minimum atomic E-state index is -0.0824. The molecule has 5 heteroatoms. The number of aromatic nitrogens is 1. The number of urea groups is 1. The molecule has 2 saturated carbocycles. The monoisotopic (exact) mass is 303 g/mol. The Labute approximate surface area is 131 Å². The van der Waals surface area contributed by atoms with Crippen molar-refractivity contribution in [2.75, 3.05) is 6.61 Å². The summed E-state index contributed by atoms with van der Waals surface area (Å²) in [6, 6.07) is 4.08. The van der Waals surface area contributed by atoms with Gasteiger partial charge in [-0.1, -0.05) is 25.3 Å². The quantitative estimate of drug-likeness (QED) is 0.849. The van der Waals surface area contributed by atoms with E-state index in [-0.39, 0.29) is 6.03 Å². The molecule has 1 aromatic heterocycles. The highest BCUT2D eigenvalue weighted by Crippen LogP contribution is 2.29. The molecule has 0 spiro atoms. The molecule has 0 saturated heterocycles. The Morgan fingerprint density at radius 1 is 1.18 bits per heavy atom.